The van der Waals surface area contributed by atoms with E-state index < -0.39 is 16.6 Å². The first-order valence-corrected chi connectivity index (χ1v) is 12.3. The number of carbonyl (C=O) groups is 2. The Morgan fingerprint density at radius 3 is 2.58 bits per heavy atom. The van der Waals surface area contributed by atoms with Crippen molar-refractivity contribution in [1.82, 2.24) is 0 Å². The number of nitrogens with zero attached hydrogens (tertiary/aromatic N) is 1. The van der Waals surface area contributed by atoms with Crippen LogP contribution < -0.4 is 0 Å². The molecule has 8 atom stereocenters. The molecular weight excluding hydrogens is 426 g/mol. The van der Waals surface area contributed by atoms with Crippen molar-refractivity contribution in [3.8, 4) is 0 Å². The summed E-state index contributed by atoms with van der Waals surface area (Å²) in [6, 6.07) is 0. The van der Waals surface area contributed by atoms with E-state index in [0.29, 0.717) is 45.1 Å². The molecule has 0 bridgehead atoms. The van der Waals surface area contributed by atoms with E-state index in [1.54, 1.807) is 6.08 Å². The van der Waals surface area contributed by atoms with Crippen LogP contribution in [-0.2, 0) is 19.1 Å². The van der Waals surface area contributed by atoms with Gasteiger partial charge >= 0.3 is 11.9 Å². The summed E-state index contributed by atoms with van der Waals surface area (Å²) in [4.78, 5) is 23.3. The highest BCUT2D eigenvalue weighted by atomic mass is 16.5. The molecule has 0 unspecified atom stereocenters. The largest absolute Gasteiger partial charge is 0.462 e. The molecule has 8 nitrogen and oxygen atoms in total. The lowest BCUT2D eigenvalue weighted by molar-refractivity contribution is -0.239. The minimum Gasteiger partial charge on any atom is -0.462 e. The first-order valence-electron chi connectivity index (χ1n) is 12.3. The fraction of sp³-hybridized carbons (Fsp3) is 0.800. The number of rotatable bonds is 3. The predicted molar refractivity (Wildman–Crippen MR) is 117 cm³/mol. The summed E-state index contributed by atoms with van der Waals surface area (Å²) in [6.45, 7) is 3.84. The van der Waals surface area contributed by atoms with Gasteiger partial charge in [-0.1, -0.05) is 6.92 Å². The van der Waals surface area contributed by atoms with E-state index in [1.807, 2.05) is 0 Å². The molecule has 4 saturated carbocycles. The molecule has 8 heteroatoms. The van der Waals surface area contributed by atoms with Gasteiger partial charge in [0.05, 0.1) is 17.4 Å². The number of fused-ring (bicyclic) bond motifs is 5. The van der Waals surface area contributed by atoms with E-state index in [1.165, 1.54) is 13.1 Å². The molecule has 0 aromatic carbocycles. The molecule has 5 aliphatic rings. The molecule has 33 heavy (non-hydrogen) atoms. The van der Waals surface area contributed by atoms with E-state index in [0.717, 1.165) is 24.8 Å². The van der Waals surface area contributed by atoms with E-state index in [9.17, 15) is 25.0 Å². The fourth-order valence-corrected chi connectivity index (χ4v) is 8.78. The number of aliphatic hydroxyl groups is 2. The van der Waals surface area contributed by atoms with Gasteiger partial charge in [0.15, 0.2) is 0 Å². The Morgan fingerprint density at radius 1 is 1.15 bits per heavy atom. The lowest BCUT2D eigenvalue weighted by Gasteiger charge is -2.65. The number of oxime groups is 1. The summed E-state index contributed by atoms with van der Waals surface area (Å²) in [5.74, 6) is -0.661. The lowest BCUT2D eigenvalue weighted by Crippen LogP contribution is -2.69. The van der Waals surface area contributed by atoms with Crippen LogP contribution in [0.5, 0.6) is 0 Å². The van der Waals surface area contributed by atoms with Crippen LogP contribution in [0.3, 0.4) is 0 Å². The Kier molecular flexibility index (Phi) is 5.22. The highest BCUT2D eigenvalue weighted by molar-refractivity contribution is 5.85. The summed E-state index contributed by atoms with van der Waals surface area (Å²) >= 11 is 0. The summed E-state index contributed by atoms with van der Waals surface area (Å²) in [5.41, 5.74) is -2.26. The van der Waals surface area contributed by atoms with Crippen LogP contribution in [0.1, 0.15) is 71.6 Å². The number of carbonyl (C=O) groups excluding carboxylic acids is 2. The van der Waals surface area contributed by atoms with Crippen LogP contribution in [0.2, 0.25) is 0 Å². The van der Waals surface area contributed by atoms with Crippen molar-refractivity contribution in [2.75, 3.05) is 6.61 Å². The number of esters is 2. The van der Waals surface area contributed by atoms with Gasteiger partial charge in [0.25, 0.3) is 0 Å². The standard InChI is InChI=1S/C25H35NO7/c1-15(27)33-17-3-8-23(14-26-31)19-4-7-22(2)18(16-11-21(28)32-13-16)6-10-25(22,30)20(19)5-9-24(23,29)12-17/h11,14,17-20,29-31H,3-10,12-13H2,1-2H3/b26-14+/t17-,18+,19-,20+,22+,23-,24-,25-/m0/s1. The summed E-state index contributed by atoms with van der Waals surface area (Å²) < 4.78 is 10.6. The van der Waals surface area contributed by atoms with Gasteiger partial charge in [-0.05, 0) is 74.7 Å². The highest BCUT2D eigenvalue weighted by Gasteiger charge is 2.71. The van der Waals surface area contributed by atoms with Crippen molar-refractivity contribution in [3.05, 3.63) is 11.6 Å². The van der Waals surface area contributed by atoms with Crippen LogP contribution in [0.15, 0.2) is 16.8 Å². The minimum atomic E-state index is -1.16. The quantitative estimate of drug-likeness (QED) is 0.255. The summed E-state index contributed by atoms with van der Waals surface area (Å²) in [5, 5.41) is 37.2. The molecule has 4 aliphatic carbocycles. The Labute approximate surface area is 194 Å². The van der Waals surface area contributed by atoms with Gasteiger partial charge in [-0.15, -0.1) is 5.16 Å². The highest BCUT2D eigenvalue weighted by Crippen LogP contribution is 2.70. The molecule has 0 amide bonds. The van der Waals surface area contributed by atoms with Gasteiger partial charge < -0.3 is 24.9 Å². The zero-order chi connectivity index (χ0) is 23.6. The third kappa shape index (κ3) is 3.05. The maximum atomic E-state index is 12.3. The zero-order valence-electron chi connectivity index (χ0n) is 19.5. The van der Waals surface area contributed by atoms with Gasteiger partial charge in [-0.3, -0.25) is 4.79 Å². The SMILES string of the molecule is CC(=O)O[C@H]1CC[C@]2(/C=N/O)[C@H]3CC[C@]4(C)[C@@H](C5=CC(=O)OC5)CC[C@]4(O)[C@@H]3CC[C@]2(O)C1. The van der Waals surface area contributed by atoms with Crippen molar-refractivity contribution in [1.29, 1.82) is 0 Å². The van der Waals surface area contributed by atoms with Crippen molar-refractivity contribution in [2.24, 2.45) is 33.7 Å². The molecule has 1 aliphatic heterocycles. The van der Waals surface area contributed by atoms with Gasteiger partial charge in [0.2, 0.25) is 0 Å². The molecule has 182 valence electrons. The second-order valence-corrected chi connectivity index (χ2v) is 11.3. The smallest absolute Gasteiger partial charge is 0.331 e. The number of hydrogen-bond acceptors (Lipinski definition) is 8. The minimum absolute atomic E-state index is 0.0438. The average molecular weight is 462 g/mol. The summed E-state index contributed by atoms with van der Waals surface area (Å²) in [7, 11) is 0. The predicted octanol–water partition coefficient (Wildman–Crippen LogP) is 2.73. The first-order chi connectivity index (χ1) is 15.6. The topological polar surface area (TPSA) is 126 Å². The lowest BCUT2D eigenvalue weighted by atomic mass is 9.41. The van der Waals surface area contributed by atoms with Gasteiger partial charge in [0, 0.05) is 30.3 Å². The molecule has 0 aromatic heterocycles. The maximum Gasteiger partial charge on any atom is 0.331 e. The molecule has 0 radical (unpaired) electrons. The third-order valence-electron chi connectivity index (χ3n) is 10.2. The van der Waals surface area contributed by atoms with Gasteiger partial charge in [-0.25, -0.2) is 4.79 Å². The van der Waals surface area contributed by atoms with Crippen LogP contribution in [0.25, 0.3) is 0 Å². The second-order valence-electron chi connectivity index (χ2n) is 11.3. The van der Waals surface area contributed by atoms with Crippen LogP contribution in [-0.4, -0.2) is 57.5 Å². The monoisotopic (exact) mass is 461 g/mol. The van der Waals surface area contributed by atoms with Crippen molar-refractivity contribution in [3.63, 3.8) is 0 Å². The van der Waals surface area contributed by atoms with Crippen molar-refractivity contribution in [2.45, 2.75) is 88.9 Å². The fourth-order valence-electron chi connectivity index (χ4n) is 8.78. The second kappa shape index (κ2) is 7.54. The Hall–Kier alpha value is -1.93. The maximum absolute atomic E-state index is 12.3. The van der Waals surface area contributed by atoms with Crippen molar-refractivity contribution < 1.29 is 34.5 Å². The zero-order valence-corrected chi connectivity index (χ0v) is 19.5. The molecule has 0 saturated heterocycles. The Morgan fingerprint density at radius 2 is 1.91 bits per heavy atom. The van der Waals surface area contributed by atoms with Crippen molar-refractivity contribution >= 4 is 18.2 Å². The average Bonchev–Trinajstić information content (AvgIpc) is 3.28. The molecule has 0 spiro atoms. The summed E-state index contributed by atoms with van der Waals surface area (Å²) in [6.07, 6.45) is 8.28. The van der Waals surface area contributed by atoms with Crippen LogP contribution in [0, 0.1) is 28.6 Å². The molecule has 3 N–H and O–H groups in total. The van der Waals surface area contributed by atoms with E-state index in [2.05, 4.69) is 12.1 Å². The molecule has 1 heterocycles. The molecular formula is C25H35NO7. The van der Waals surface area contributed by atoms with E-state index >= 15 is 0 Å². The number of hydrogen-bond donors (Lipinski definition) is 3. The van der Waals surface area contributed by atoms with E-state index in [-0.39, 0.29) is 41.2 Å². The van der Waals surface area contributed by atoms with Gasteiger partial charge in [-0.2, -0.15) is 0 Å². The number of ether oxygens (including phenoxy) is 2. The van der Waals surface area contributed by atoms with Gasteiger partial charge in [0.1, 0.15) is 12.7 Å². The van der Waals surface area contributed by atoms with Crippen LogP contribution >= 0.6 is 0 Å². The molecule has 5 rings (SSSR count). The Bertz CT molecular complexity index is 916. The first kappa shape index (κ1) is 22.8. The normalized spacial score (nSPS) is 49.1. The number of cyclic esters (lactones) is 1. The molecule has 0 aromatic rings. The molecule has 4 fully saturated rings. The third-order valence-corrected chi connectivity index (χ3v) is 10.2. The van der Waals surface area contributed by atoms with E-state index in [4.69, 9.17) is 9.47 Å². The Balaban J connectivity index is 1.48. The van der Waals surface area contributed by atoms with Crippen LogP contribution in [0.4, 0.5) is 0 Å².